The number of hydrogen-bond donors (Lipinski definition) is 1. The Balaban J connectivity index is 1.42. The predicted molar refractivity (Wildman–Crippen MR) is 128 cm³/mol. The molecule has 2 aliphatic heterocycles. The summed E-state index contributed by atoms with van der Waals surface area (Å²) in [6.07, 6.45) is 0.673. The van der Waals surface area contributed by atoms with E-state index in [9.17, 15) is 18.9 Å². The second-order valence-electron chi connectivity index (χ2n) is 8.79. The second kappa shape index (κ2) is 9.93. The zero-order chi connectivity index (χ0) is 24.4. The molecule has 0 atom stereocenters. The number of aromatic nitrogens is 1. The smallest absolute Gasteiger partial charge is 0.273 e. The first kappa shape index (κ1) is 23.1. The quantitative estimate of drug-likeness (QED) is 0.415. The van der Waals surface area contributed by atoms with Crippen molar-refractivity contribution in [2.75, 3.05) is 45.9 Å². The molecule has 1 aromatic heterocycles. The van der Waals surface area contributed by atoms with Crippen molar-refractivity contribution in [1.82, 2.24) is 19.8 Å². The summed E-state index contributed by atoms with van der Waals surface area (Å²) in [5.41, 5.74) is 5.37. The fourth-order valence-electron chi connectivity index (χ4n) is 4.91. The lowest BCUT2D eigenvalue weighted by atomic mass is 10.0. The van der Waals surface area contributed by atoms with Crippen LogP contribution in [-0.4, -0.2) is 72.1 Å². The van der Waals surface area contributed by atoms with Crippen LogP contribution >= 0.6 is 0 Å². The van der Waals surface area contributed by atoms with Gasteiger partial charge in [-0.15, -0.1) is 4.91 Å². The van der Waals surface area contributed by atoms with Gasteiger partial charge < -0.3 is 14.2 Å². The number of nitrogens with one attached hydrogen (secondary N) is 1. The fraction of sp³-hybridized carbons (Fsp3) is 0.360. The van der Waals surface area contributed by atoms with Crippen LogP contribution in [0.25, 0.3) is 10.9 Å². The molecule has 3 heterocycles. The number of amides is 2. The number of hydrogen-bond acceptors (Lipinski definition) is 6. The van der Waals surface area contributed by atoms with Crippen molar-refractivity contribution in [3.63, 3.8) is 0 Å². The van der Waals surface area contributed by atoms with Gasteiger partial charge in [-0.1, -0.05) is 12.1 Å². The van der Waals surface area contributed by atoms with E-state index in [1.807, 2.05) is 10.3 Å². The molecule has 0 bridgehead atoms. The number of halogens is 1. The van der Waals surface area contributed by atoms with E-state index >= 15 is 0 Å². The van der Waals surface area contributed by atoms with Crippen LogP contribution in [0.4, 0.5) is 4.39 Å². The lowest BCUT2D eigenvalue weighted by Crippen LogP contribution is -2.45. The highest BCUT2D eigenvalue weighted by Crippen LogP contribution is 2.32. The van der Waals surface area contributed by atoms with Crippen LogP contribution in [0, 0.1) is 10.7 Å². The third-order valence-electron chi connectivity index (χ3n) is 6.75. The Labute approximate surface area is 201 Å². The van der Waals surface area contributed by atoms with Gasteiger partial charge in [0.25, 0.3) is 11.8 Å². The predicted octanol–water partition coefficient (Wildman–Crippen LogP) is 2.57. The number of carbonyl (C=O) groups is 2. The van der Waals surface area contributed by atoms with E-state index in [2.05, 4.69) is 14.8 Å². The number of nitroso groups, excluding NO2 is 1. The number of nitrogens with zero attached hydrogens (tertiary/aromatic N) is 4. The van der Waals surface area contributed by atoms with Gasteiger partial charge in [-0.3, -0.25) is 14.5 Å². The van der Waals surface area contributed by atoms with Crippen LogP contribution in [0.15, 0.2) is 47.8 Å². The molecule has 2 aromatic carbocycles. The number of morpholine rings is 1. The number of ether oxygens (including phenoxy) is 1. The van der Waals surface area contributed by atoms with E-state index < -0.39 is 5.91 Å². The van der Waals surface area contributed by atoms with Crippen LogP contribution in [0.2, 0.25) is 0 Å². The molecule has 182 valence electrons. The molecular formula is C25H26FN5O4. The Hall–Kier alpha value is -3.63. The molecule has 1 N–H and O–H groups in total. The maximum atomic E-state index is 14.2. The van der Waals surface area contributed by atoms with E-state index in [-0.39, 0.29) is 11.7 Å². The van der Waals surface area contributed by atoms with Gasteiger partial charge in [0, 0.05) is 67.8 Å². The molecule has 9 nitrogen and oxygen atoms in total. The summed E-state index contributed by atoms with van der Waals surface area (Å²) < 4.78 is 21.7. The van der Waals surface area contributed by atoms with Crippen molar-refractivity contribution in [3.05, 3.63) is 75.6 Å². The van der Waals surface area contributed by atoms with Crippen LogP contribution in [0.3, 0.4) is 0 Å². The third kappa shape index (κ3) is 4.67. The van der Waals surface area contributed by atoms with Gasteiger partial charge in [0.1, 0.15) is 5.82 Å². The van der Waals surface area contributed by atoms with E-state index in [1.54, 1.807) is 30.3 Å². The molecule has 3 aromatic rings. The Morgan fingerprint density at radius 3 is 2.57 bits per heavy atom. The highest BCUT2D eigenvalue weighted by Gasteiger charge is 2.31. The van der Waals surface area contributed by atoms with Crippen LogP contribution in [0.1, 0.15) is 32.0 Å². The topological polar surface area (TPSA) is 96.2 Å². The molecule has 1 saturated heterocycles. The monoisotopic (exact) mass is 479 g/mol. The zero-order valence-corrected chi connectivity index (χ0v) is 19.2. The molecule has 0 aliphatic carbocycles. The molecule has 2 amide bonds. The summed E-state index contributed by atoms with van der Waals surface area (Å²) in [5.74, 6) is -1.02. The summed E-state index contributed by atoms with van der Waals surface area (Å²) in [4.78, 5) is 39.8. The Morgan fingerprint density at radius 2 is 1.83 bits per heavy atom. The minimum Gasteiger partial charge on any atom is -0.379 e. The van der Waals surface area contributed by atoms with Crippen molar-refractivity contribution < 1.29 is 18.7 Å². The molecule has 0 unspecified atom stereocenters. The van der Waals surface area contributed by atoms with E-state index in [4.69, 9.17) is 4.74 Å². The van der Waals surface area contributed by atoms with Crippen LogP contribution < -0.4 is 5.43 Å². The molecule has 0 radical (unpaired) electrons. The fourth-order valence-corrected chi connectivity index (χ4v) is 4.91. The van der Waals surface area contributed by atoms with Gasteiger partial charge in [0.15, 0.2) is 0 Å². The molecule has 5 rings (SSSR count). The normalized spacial score (nSPS) is 16.4. The Kier molecular flexibility index (Phi) is 6.56. The first-order valence-electron chi connectivity index (χ1n) is 11.7. The first-order valence-corrected chi connectivity index (χ1v) is 11.7. The summed E-state index contributed by atoms with van der Waals surface area (Å²) in [6, 6.07) is 11.4. The standard InChI is InChI=1S/C25H26FN5O4/c26-19-5-6-21-20(15-19)23-22(7-8-30(25(23)33)10-9-29-11-13-35-14-12-29)31(21)16-17-1-3-18(4-2-17)24(32)27-28-34/h1-6,15H,7-14,16H2,(H,27,32,34). The van der Waals surface area contributed by atoms with Crippen LogP contribution in [-0.2, 0) is 17.7 Å². The lowest BCUT2D eigenvalue weighted by molar-refractivity contribution is 0.0322. The van der Waals surface area contributed by atoms with Gasteiger partial charge in [-0.25, -0.2) is 9.82 Å². The highest BCUT2D eigenvalue weighted by atomic mass is 19.1. The minimum atomic E-state index is -0.575. The van der Waals surface area contributed by atoms with Crippen molar-refractivity contribution in [1.29, 1.82) is 0 Å². The van der Waals surface area contributed by atoms with E-state index in [0.717, 1.165) is 36.4 Å². The largest absolute Gasteiger partial charge is 0.379 e. The second-order valence-corrected chi connectivity index (χ2v) is 8.79. The Morgan fingerprint density at radius 1 is 1.06 bits per heavy atom. The minimum absolute atomic E-state index is 0.0674. The average Bonchev–Trinajstić information content (AvgIpc) is 3.18. The van der Waals surface area contributed by atoms with Gasteiger partial charge in [0.05, 0.1) is 24.1 Å². The average molecular weight is 480 g/mol. The van der Waals surface area contributed by atoms with Crippen molar-refractivity contribution in [2.24, 2.45) is 5.29 Å². The third-order valence-corrected chi connectivity index (χ3v) is 6.75. The van der Waals surface area contributed by atoms with Crippen molar-refractivity contribution >= 4 is 22.7 Å². The Bertz CT molecular complexity index is 1270. The molecule has 2 aliphatic rings. The number of fused-ring (bicyclic) bond motifs is 3. The van der Waals surface area contributed by atoms with Gasteiger partial charge >= 0.3 is 0 Å². The summed E-state index contributed by atoms with van der Waals surface area (Å²) in [6.45, 7) is 5.64. The molecule has 35 heavy (non-hydrogen) atoms. The van der Waals surface area contributed by atoms with Gasteiger partial charge in [-0.2, -0.15) is 0 Å². The van der Waals surface area contributed by atoms with Gasteiger partial charge in [-0.05, 0) is 35.9 Å². The van der Waals surface area contributed by atoms with Crippen molar-refractivity contribution in [2.45, 2.75) is 13.0 Å². The summed E-state index contributed by atoms with van der Waals surface area (Å²) in [5, 5.41) is 3.03. The van der Waals surface area contributed by atoms with E-state index in [0.29, 0.717) is 55.8 Å². The molecule has 0 saturated carbocycles. The SMILES string of the molecule is O=NNC(=O)c1ccc(Cn2c3c(c4cc(F)ccc42)C(=O)N(CCN2CCOCC2)CC3)cc1. The number of benzene rings is 2. The summed E-state index contributed by atoms with van der Waals surface area (Å²) in [7, 11) is 0. The number of carbonyl (C=O) groups excluding carboxylic acids is 2. The zero-order valence-electron chi connectivity index (χ0n) is 19.2. The maximum Gasteiger partial charge on any atom is 0.273 e. The maximum absolute atomic E-state index is 14.2. The van der Waals surface area contributed by atoms with E-state index in [1.165, 1.54) is 12.1 Å². The van der Waals surface area contributed by atoms with Crippen molar-refractivity contribution in [3.8, 4) is 0 Å². The molecule has 0 spiro atoms. The highest BCUT2D eigenvalue weighted by molar-refractivity contribution is 6.09. The molecular weight excluding hydrogens is 453 g/mol. The molecule has 10 heteroatoms. The summed E-state index contributed by atoms with van der Waals surface area (Å²) >= 11 is 0. The first-order chi connectivity index (χ1) is 17.0. The van der Waals surface area contributed by atoms with Crippen LogP contribution in [0.5, 0.6) is 0 Å². The number of rotatable bonds is 7. The van der Waals surface area contributed by atoms with Gasteiger partial charge in [0.2, 0.25) is 0 Å². The molecule has 1 fully saturated rings. The lowest BCUT2D eigenvalue weighted by Gasteiger charge is -2.32.